The molecular weight excluding hydrogens is 305 g/mol. The molecule has 1 aromatic carbocycles. The number of nitrogens with zero attached hydrogens (tertiary/aromatic N) is 1. The lowest BCUT2D eigenvalue weighted by Crippen LogP contribution is -2.08. The van der Waals surface area contributed by atoms with E-state index < -0.39 is 0 Å². The molecule has 0 fully saturated rings. The third kappa shape index (κ3) is 3.79. The molecule has 1 rings (SSSR count). The molecule has 0 N–H and O–H groups in total. The van der Waals surface area contributed by atoms with Crippen molar-refractivity contribution in [2.24, 2.45) is 0 Å². The Kier molecular flexibility index (Phi) is 5.89. The smallest absolute Gasteiger partial charge is 0.0347 e. The molecule has 0 amide bonds. The third-order valence-electron chi connectivity index (χ3n) is 2.15. The van der Waals surface area contributed by atoms with Crippen LogP contribution in [0.2, 0.25) is 0 Å². The van der Waals surface area contributed by atoms with Crippen LogP contribution in [0.4, 0.5) is 0 Å². The first-order chi connectivity index (χ1) is 6.77. The molecule has 0 heterocycles. The van der Waals surface area contributed by atoms with Crippen LogP contribution in [-0.2, 0) is 13.0 Å². The van der Waals surface area contributed by atoms with Crippen molar-refractivity contribution < 1.29 is 0 Å². The van der Waals surface area contributed by atoms with Gasteiger partial charge in [0.1, 0.15) is 0 Å². The van der Waals surface area contributed by atoms with Crippen LogP contribution in [0.25, 0.3) is 0 Å². The number of halogens is 1. The normalized spacial score (nSPS) is 10.9. The van der Waals surface area contributed by atoms with Gasteiger partial charge in [-0.1, -0.05) is 37.6 Å². The fourth-order valence-corrected chi connectivity index (χ4v) is 2.09. The second-order valence-corrected chi connectivity index (χ2v) is 5.32. The predicted molar refractivity (Wildman–Crippen MR) is 73.5 cm³/mol. The van der Waals surface area contributed by atoms with E-state index in [4.69, 9.17) is 0 Å². The Labute approximate surface area is 103 Å². The van der Waals surface area contributed by atoms with Crippen LogP contribution in [0.3, 0.4) is 0 Å². The topological polar surface area (TPSA) is 3.24 Å². The Balaban J connectivity index is 2.73. The van der Waals surface area contributed by atoms with Crippen LogP contribution in [0.1, 0.15) is 24.5 Å². The van der Waals surface area contributed by atoms with Gasteiger partial charge in [-0.2, -0.15) is 0 Å². The van der Waals surface area contributed by atoms with Gasteiger partial charge in [0.25, 0.3) is 0 Å². The zero-order valence-corrected chi connectivity index (χ0v) is 11.6. The largest absolute Gasteiger partial charge is 0.240 e. The summed E-state index contributed by atoms with van der Waals surface area (Å²) in [7, 11) is 3.87. The summed E-state index contributed by atoms with van der Waals surface area (Å²) in [6, 6.07) is 8.73. The van der Waals surface area contributed by atoms with E-state index in [0.717, 1.165) is 6.54 Å². The first-order valence-electron chi connectivity index (χ1n) is 4.84. The van der Waals surface area contributed by atoms with Crippen LogP contribution in [-0.4, -0.2) is 11.4 Å². The Bertz CT molecular complexity index is 278. The van der Waals surface area contributed by atoms with E-state index in [1.165, 1.54) is 24.0 Å². The first-order valence-corrected chi connectivity index (χ1v) is 8.16. The molecule has 3 heteroatoms. The van der Waals surface area contributed by atoms with Gasteiger partial charge in [-0.05, 0) is 33.7 Å². The summed E-state index contributed by atoms with van der Waals surface area (Å²) in [5, 5.41) is 0. The van der Waals surface area contributed by atoms with Crippen LogP contribution in [0.15, 0.2) is 24.3 Å². The van der Waals surface area contributed by atoms with E-state index in [2.05, 4.69) is 63.7 Å². The molecule has 14 heavy (non-hydrogen) atoms. The van der Waals surface area contributed by atoms with Crippen LogP contribution >= 0.6 is 30.3 Å². The van der Waals surface area contributed by atoms with E-state index >= 15 is 0 Å². The van der Waals surface area contributed by atoms with Gasteiger partial charge in [-0.3, -0.25) is 0 Å². The molecule has 0 aliphatic rings. The maximum absolute atomic E-state index is 2.32. The average Bonchev–Trinajstić information content (AvgIpc) is 2.21. The van der Waals surface area contributed by atoms with Gasteiger partial charge in [0.15, 0.2) is 0 Å². The number of hydrogen-bond acceptors (Lipinski definition) is 2. The Morgan fingerprint density at radius 3 is 2.50 bits per heavy atom. The van der Waals surface area contributed by atoms with E-state index in [-0.39, 0.29) is 0 Å². The fraction of sp³-hybridized carbons (Fsp3) is 0.455. The molecule has 1 nitrogen and oxygen atoms in total. The summed E-state index contributed by atoms with van der Waals surface area (Å²) in [6.07, 6.45) is 2.41. The van der Waals surface area contributed by atoms with Crippen molar-refractivity contribution in [3.05, 3.63) is 35.4 Å². The van der Waals surface area contributed by atoms with Crippen LogP contribution in [0.5, 0.6) is 0 Å². The molecular formula is C11H16INS. The molecule has 0 aliphatic carbocycles. The molecule has 0 atom stereocenters. The highest BCUT2D eigenvalue weighted by Crippen LogP contribution is 2.21. The molecule has 78 valence electrons. The molecule has 0 spiro atoms. The van der Waals surface area contributed by atoms with Crippen molar-refractivity contribution in [1.82, 2.24) is 4.31 Å². The van der Waals surface area contributed by atoms with Gasteiger partial charge in [-0.25, -0.2) is 4.31 Å². The second kappa shape index (κ2) is 6.69. The maximum atomic E-state index is 2.32. The minimum atomic E-state index is 1.03. The Morgan fingerprint density at radius 1 is 1.29 bits per heavy atom. The van der Waals surface area contributed by atoms with Gasteiger partial charge in [0.2, 0.25) is 0 Å². The van der Waals surface area contributed by atoms with E-state index in [1.807, 2.05) is 0 Å². The average molecular weight is 321 g/mol. The van der Waals surface area contributed by atoms with Gasteiger partial charge < -0.3 is 0 Å². The van der Waals surface area contributed by atoms with Crippen molar-refractivity contribution in [1.29, 1.82) is 0 Å². The van der Waals surface area contributed by atoms with Crippen molar-refractivity contribution in [3.63, 3.8) is 0 Å². The lowest BCUT2D eigenvalue weighted by atomic mass is 10.0. The predicted octanol–water partition coefficient (Wildman–Crippen LogP) is 4.07. The highest BCUT2D eigenvalue weighted by atomic mass is 127. The van der Waals surface area contributed by atoms with E-state index in [0.29, 0.717) is 0 Å². The minimum Gasteiger partial charge on any atom is -0.240 e. The lowest BCUT2D eigenvalue weighted by molar-refractivity contribution is 0.567. The molecule has 0 radical (unpaired) electrons. The number of hydrogen-bond donors (Lipinski definition) is 0. The van der Waals surface area contributed by atoms with Crippen molar-refractivity contribution in [2.75, 3.05) is 7.05 Å². The van der Waals surface area contributed by atoms with Gasteiger partial charge >= 0.3 is 0 Å². The molecule has 0 unspecified atom stereocenters. The molecule has 0 aromatic heterocycles. The van der Waals surface area contributed by atoms with E-state index in [1.54, 1.807) is 9.12 Å². The number of benzene rings is 1. The SMILES string of the molecule is CCCc1ccccc1CN(C)SI. The molecule has 1 aromatic rings. The third-order valence-corrected chi connectivity index (χ3v) is 4.53. The zero-order chi connectivity index (χ0) is 10.4. The van der Waals surface area contributed by atoms with Crippen molar-refractivity contribution in [2.45, 2.75) is 26.3 Å². The fourth-order valence-electron chi connectivity index (χ4n) is 1.49. The zero-order valence-electron chi connectivity index (χ0n) is 8.66. The summed E-state index contributed by atoms with van der Waals surface area (Å²) in [5.41, 5.74) is 2.95. The van der Waals surface area contributed by atoms with Crippen molar-refractivity contribution >= 4 is 30.3 Å². The maximum Gasteiger partial charge on any atom is 0.0347 e. The Hall–Kier alpha value is 0.260. The monoisotopic (exact) mass is 321 g/mol. The standard InChI is InChI=1S/C11H16INS/c1-3-6-10-7-4-5-8-11(10)9-13(2)14-12/h4-5,7-8H,3,6,9H2,1-2H3. The van der Waals surface area contributed by atoms with Crippen molar-refractivity contribution in [3.8, 4) is 0 Å². The molecule has 0 saturated heterocycles. The summed E-state index contributed by atoms with van der Waals surface area (Å²) < 4.78 is 2.25. The van der Waals surface area contributed by atoms with Gasteiger partial charge in [0.05, 0.1) is 0 Å². The molecule has 0 saturated carbocycles. The lowest BCUT2D eigenvalue weighted by Gasteiger charge is -2.14. The highest BCUT2D eigenvalue weighted by Gasteiger charge is 2.03. The molecule has 0 aliphatic heterocycles. The highest BCUT2D eigenvalue weighted by molar-refractivity contribution is 14.2. The summed E-state index contributed by atoms with van der Waals surface area (Å²) in [5.74, 6) is 0. The van der Waals surface area contributed by atoms with Crippen LogP contribution in [0, 0.1) is 0 Å². The van der Waals surface area contributed by atoms with E-state index in [9.17, 15) is 0 Å². The quantitative estimate of drug-likeness (QED) is 0.594. The summed E-state index contributed by atoms with van der Waals surface area (Å²) in [6.45, 7) is 3.26. The summed E-state index contributed by atoms with van der Waals surface area (Å²) >= 11 is 2.32. The Morgan fingerprint density at radius 2 is 1.93 bits per heavy atom. The second-order valence-electron chi connectivity index (χ2n) is 3.37. The number of rotatable bonds is 5. The minimum absolute atomic E-state index is 1.03. The van der Waals surface area contributed by atoms with Crippen LogP contribution < -0.4 is 0 Å². The summed E-state index contributed by atoms with van der Waals surface area (Å²) in [4.78, 5) is 0. The first kappa shape index (κ1) is 12.3. The van der Waals surface area contributed by atoms with Gasteiger partial charge in [-0.15, -0.1) is 0 Å². The number of aryl methyl sites for hydroxylation is 1. The molecule has 0 bridgehead atoms. The van der Waals surface area contributed by atoms with Gasteiger partial charge in [0, 0.05) is 27.8 Å².